The molecule has 2 N–H and O–H groups in total. The molecule has 1 amide bonds. The van der Waals surface area contributed by atoms with Crippen LogP contribution in [-0.4, -0.2) is 45.7 Å². The lowest BCUT2D eigenvalue weighted by Gasteiger charge is -2.32. The second-order valence-electron chi connectivity index (χ2n) is 9.16. The Hall–Kier alpha value is -2.40. The number of carboxylic acid groups (broad SMARTS) is 1. The maximum atomic E-state index is 12.4. The summed E-state index contributed by atoms with van der Waals surface area (Å²) in [6, 6.07) is -0.963. The average Bonchev–Trinajstić information content (AvgIpc) is 3.03. The number of amides is 1. The van der Waals surface area contributed by atoms with Crippen LogP contribution in [0.4, 0.5) is 0 Å². The SMILES string of the molecule is CC(C=CC1=C(C)CCCC1(C)C)=CC=CC(C)=CC(=O)N1CC(O)CC1C(=O)O. The topological polar surface area (TPSA) is 77.8 Å². The number of aliphatic carboxylic acids is 1. The minimum Gasteiger partial charge on any atom is -0.480 e. The summed E-state index contributed by atoms with van der Waals surface area (Å²) in [6.07, 6.45) is 14.4. The lowest BCUT2D eigenvalue weighted by molar-refractivity contribution is -0.146. The van der Waals surface area contributed by atoms with E-state index in [0.717, 1.165) is 11.1 Å². The molecule has 0 aromatic rings. The summed E-state index contributed by atoms with van der Waals surface area (Å²) in [6.45, 7) is 10.7. The fourth-order valence-electron chi connectivity index (χ4n) is 4.25. The maximum absolute atomic E-state index is 12.4. The molecule has 0 radical (unpaired) electrons. The molecule has 0 aromatic carbocycles. The molecule has 2 unspecified atom stereocenters. The molecular weight excluding hydrogens is 378 g/mol. The molecule has 2 aliphatic rings. The van der Waals surface area contributed by atoms with Crippen LogP contribution in [0.15, 0.2) is 58.7 Å². The quantitative estimate of drug-likeness (QED) is 0.494. The van der Waals surface area contributed by atoms with E-state index in [-0.39, 0.29) is 24.3 Å². The van der Waals surface area contributed by atoms with Crippen molar-refractivity contribution in [3.63, 3.8) is 0 Å². The molecule has 2 atom stereocenters. The summed E-state index contributed by atoms with van der Waals surface area (Å²) in [7, 11) is 0. The number of carbonyl (C=O) groups is 2. The van der Waals surface area contributed by atoms with Crippen molar-refractivity contribution in [2.24, 2.45) is 5.41 Å². The third-order valence-corrected chi connectivity index (χ3v) is 5.97. The van der Waals surface area contributed by atoms with Gasteiger partial charge >= 0.3 is 5.97 Å². The summed E-state index contributed by atoms with van der Waals surface area (Å²) in [5.41, 5.74) is 4.94. The second kappa shape index (κ2) is 10.1. The number of allylic oxidation sites excluding steroid dienone is 9. The zero-order valence-corrected chi connectivity index (χ0v) is 18.8. The lowest BCUT2D eigenvalue weighted by Crippen LogP contribution is -2.39. The summed E-state index contributed by atoms with van der Waals surface area (Å²) in [4.78, 5) is 24.9. The van der Waals surface area contributed by atoms with Crippen LogP contribution in [0.25, 0.3) is 0 Å². The molecule has 0 spiro atoms. The highest BCUT2D eigenvalue weighted by Crippen LogP contribution is 2.40. The predicted octanol–water partition coefficient (Wildman–Crippen LogP) is 4.56. The zero-order chi connectivity index (χ0) is 22.5. The highest BCUT2D eigenvalue weighted by atomic mass is 16.4. The Morgan fingerprint density at radius 1 is 1.17 bits per heavy atom. The third-order valence-electron chi connectivity index (χ3n) is 5.97. The first-order chi connectivity index (χ1) is 14.0. The van der Waals surface area contributed by atoms with Crippen molar-refractivity contribution in [2.75, 3.05) is 6.54 Å². The molecule has 164 valence electrons. The van der Waals surface area contributed by atoms with Crippen molar-refractivity contribution in [3.05, 3.63) is 58.7 Å². The second-order valence-corrected chi connectivity index (χ2v) is 9.16. The van der Waals surface area contributed by atoms with Crippen LogP contribution < -0.4 is 0 Å². The smallest absolute Gasteiger partial charge is 0.326 e. The molecule has 0 bridgehead atoms. The van der Waals surface area contributed by atoms with E-state index in [1.807, 2.05) is 25.2 Å². The number of carboxylic acids is 1. The fourth-order valence-corrected chi connectivity index (χ4v) is 4.25. The molecule has 1 fully saturated rings. The van der Waals surface area contributed by atoms with Crippen LogP contribution in [0.2, 0.25) is 0 Å². The van der Waals surface area contributed by atoms with Crippen molar-refractivity contribution in [1.29, 1.82) is 0 Å². The van der Waals surface area contributed by atoms with Gasteiger partial charge in [-0.1, -0.05) is 55.4 Å². The average molecular weight is 414 g/mol. The number of hydrogen-bond acceptors (Lipinski definition) is 3. The number of nitrogens with zero attached hydrogens (tertiary/aromatic N) is 1. The molecule has 2 rings (SSSR count). The van der Waals surface area contributed by atoms with Crippen LogP contribution >= 0.6 is 0 Å². The van der Waals surface area contributed by atoms with Crippen molar-refractivity contribution in [3.8, 4) is 0 Å². The van der Waals surface area contributed by atoms with Crippen LogP contribution in [0.5, 0.6) is 0 Å². The highest BCUT2D eigenvalue weighted by Gasteiger charge is 2.38. The van der Waals surface area contributed by atoms with Gasteiger partial charge in [-0.25, -0.2) is 4.79 Å². The highest BCUT2D eigenvalue weighted by molar-refractivity contribution is 5.92. The van der Waals surface area contributed by atoms with Gasteiger partial charge in [0, 0.05) is 19.0 Å². The first-order valence-corrected chi connectivity index (χ1v) is 10.6. The normalized spacial score (nSPS) is 25.6. The van der Waals surface area contributed by atoms with E-state index >= 15 is 0 Å². The van der Waals surface area contributed by atoms with E-state index in [1.165, 1.54) is 41.4 Å². The molecule has 0 saturated carbocycles. The zero-order valence-electron chi connectivity index (χ0n) is 18.8. The monoisotopic (exact) mass is 413 g/mol. The van der Waals surface area contributed by atoms with Crippen LogP contribution in [-0.2, 0) is 9.59 Å². The van der Waals surface area contributed by atoms with Gasteiger partial charge in [-0.05, 0) is 56.6 Å². The van der Waals surface area contributed by atoms with E-state index < -0.39 is 18.1 Å². The molecule has 0 aromatic heterocycles. The van der Waals surface area contributed by atoms with Gasteiger partial charge in [0.1, 0.15) is 6.04 Å². The van der Waals surface area contributed by atoms with Gasteiger partial charge in [0.25, 0.3) is 0 Å². The van der Waals surface area contributed by atoms with Gasteiger partial charge in [-0.15, -0.1) is 0 Å². The number of likely N-dealkylation sites (tertiary alicyclic amines) is 1. The van der Waals surface area contributed by atoms with E-state index in [1.54, 1.807) is 6.92 Å². The van der Waals surface area contributed by atoms with Crippen molar-refractivity contribution < 1.29 is 19.8 Å². The molecular formula is C25H35NO4. The summed E-state index contributed by atoms with van der Waals surface area (Å²) in [5.74, 6) is -1.47. The van der Waals surface area contributed by atoms with Crippen molar-refractivity contribution in [2.45, 2.75) is 72.4 Å². The molecule has 1 aliphatic carbocycles. The van der Waals surface area contributed by atoms with Gasteiger partial charge < -0.3 is 15.1 Å². The van der Waals surface area contributed by atoms with Crippen molar-refractivity contribution >= 4 is 11.9 Å². The lowest BCUT2D eigenvalue weighted by atomic mass is 9.72. The summed E-state index contributed by atoms with van der Waals surface area (Å²) < 4.78 is 0. The first kappa shape index (κ1) is 23.9. The van der Waals surface area contributed by atoms with Gasteiger partial charge in [0.05, 0.1) is 6.10 Å². The standard InChI is InChI=1S/C25H35NO4/c1-17(11-12-21-19(3)10-7-13-25(21,4)5)8-6-9-18(2)14-23(28)26-16-20(27)15-22(26)24(29)30/h6,8-9,11-12,14,20,22,27H,7,10,13,15-16H2,1-5H3,(H,29,30). The molecule has 1 heterocycles. The van der Waals surface area contributed by atoms with E-state index in [9.17, 15) is 19.8 Å². The van der Waals surface area contributed by atoms with Gasteiger partial charge in [0.15, 0.2) is 0 Å². The van der Waals surface area contributed by atoms with Crippen LogP contribution in [0.3, 0.4) is 0 Å². The number of aliphatic hydroxyl groups excluding tert-OH is 1. The van der Waals surface area contributed by atoms with Crippen LogP contribution in [0.1, 0.15) is 60.3 Å². The van der Waals surface area contributed by atoms with Gasteiger partial charge in [-0.3, -0.25) is 4.79 Å². The minimum atomic E-state index is -1.08. The Balaban J connectivity index is 2.01. The molecule has 5 nitrogen and oxygen atoms in total. The number of aliphatic hydroxyl groups is 1. The molecule has 1 saturated heterocycles. The Kier molecular flexibility index (Phi) is 8.02. The fraction of sp³-hybridized carbons (Fsp3) is 0.520. The molecule has 1 aliphatic heterocycles. The Morgan fingerprint density at radius 3 is 2.50 bits per heavy atom. The minimum absolute atomic E-state index is 0.0543. The van der Waals surface area contributed by atoms with E-state index in [2.05, 4.69) is 32.9 Å². The van der Waals surface area contributed by atoms with Crippen molar-refractivity contribution in [1.82, 2.24) is 4.90 Å². The predicted molar refractivity (Wildman–Crippen MR) is 120 cm³/mol. The number of rotatable bonds is 6. The van der Waals surface area contributed by atoms with Gasteiger partial charge in [0.2, 0.25) is 5.91 Å². The molecule has 5 heteroatoms. The summed E-state index contributed by atoms with van der Waals surface area (Å²) in [5, 5.41) is 18.9. The Labute approximate surface area is 180 Å². The Morgan fingerprint density at radius 2 is 1.87 bits per heavy atom. The maximum Gasteiger partial charge on any atom is 0.326 e. The summed E-state index contributed by atoms with van der Waals surface area (Å²) >= 11 is 0. The molecule has 30 heavy (non-hydrogen) atoms. The van der Waals surface area contributed by atoms with Crippen LogP contribution in [0, 0.1) is 5.41 Å². The Bertz CT molecular complexity index is 826. The number of carbonyl (C=O) groups excluding carboxylic acids is 1. The largest absolute Gasteiger partial charge is 0.480 e. The van der Waals surface area contributed by atoms with E-state index in [0.29, 0.717) is 0 Å². The number of hydrogen-bond donors (Lipinski definition) is 2. The van der Waals surface area contributed by atoms with Gasteiger partial charge in [-0.2, -0.15) is 0 Å². The number of β-amino-alcohol motifs (C(OH)–C–C–N with tert-alkyl or cyclic N) is 1. The first-order valence-electron chi connectivity index (χ1n) is 10.6. The van der Waals surface area contributed by atoms with E-state index in [4.69, 9.17) is 0 Å². The third kappa shape index (κ3) is 6.30.